The van der Waals surface area contributed by atoms with Crippen molar-refractivity contribution >= 4 is 69.8 Å². The lowest BCUT2D eigenvalue weighted by Gasteiger charge is -2.50. The van der Waals surface area contributed by atoms with Crippen LogP contribution in [0.2, 0.25) is 5.02 Å². The second-order valence-corrected chi connectivity index (χ2v) is 13.6. The first-order valence-corrected chi connectivity index (χ1v) is 15.3. The summed E-state index contributed by atoms with van der Waals surface area (Å²) in [5.41, 5.74) is -1.81. The summed E-state index contributed by atoms with van der Waals surface area (Å²) < 4.78 is 87.6. The Hall–Kier alpha value is -4.07. The van der Waals surface area contributed by atoms with Crippen molar-refractivity contribution in [1.82, 2.24) is 0 Å². The van der Waals surface area contributed by atoms with Gasteiger partial charge < -0.3 is 5.11 Å². The molecule has 3 aromatic carbocycles. The number of allylic oxidation sites excluding steroid dienone is 2. The van der Waals surface area contributed by atoms with Crippen molar-refractivity contribution in [1.29, 1.82) is 0 Å². The number of nitrogens with zero attached hydrogens (tertiary/aromatic N) is 2. The fourth-order valence-electron chi connectivity index (χ4n) is 7.49. The molecule has 16 heteroatoms. The number of imide groups is 2. The maximum atomic E-state index is 15.1. The Morgan fingerprint density at radius 1 is 0.750 bits per heavy atom. The third-order valence-corrected chi connectivity index (χ3v) is 11.3. The zero-order valence-electron chi connectivity index (χ0n) is 23.7. The molecule has 2 heterocycles. The van der Waals surface area contributed by atoms with Gasteiger partial charge in [0.25, 0.3) is 11.8 Å². The lowest BCUT2D eigenvalue weighted by molar-refractivity contribution is -0.125. The van der Waals surface area contributed by atoms with E-state index in [0.717, 1.165) is 23.1 Å². The van der Waals surface area contributed by atoms with Crippen LogP contribution >= 0.6 is 34.8 Å². The molecule has 2 aliphatic heterocycles. The van der Waals surface area contributed by atoms with E-state index < -0.39 is 110 Å². The molecule has 48 heavy (non-hydrogen) atoms. The largest absolute Gasteiger partial charge is 0.505 e. The topological polar surface area (TPSA) is 95.0 Å². The van der Waals surface area contributed by atoms with Crippen LogP contribution in [0.5, 0.6) is 5.75 Å². The van der Waals surface area contributed by atoms with Gasteiger partial charge in [0, 0.05) is 10.9 Å². The minimum absolute atomic E-state index is 0.103. The number of amides is 4. The molecular weight excluding hydrogens is 713 g/mol. The Morgan fingerprint density at radius 3 is 1.96 bits per heavy atom. The third-order valence-electron chi connectivity index (χ3n) is 9.61. The number of halogens is 9. The molecule has 0 radical (unpaired) electrons. The summed E-state index contributed by atoms with van der Waals surface area (Å²) in [5.74, 6) is -24.4. The molecule has 0 aromatic heterocycles. The van der Waals surface area contributed by atoms with Crippen LogP contribution in [0.25, 0.3) is 0 Å². The van der Waals surface area contributed by atoms with Crippen LogP contribution in [0, 0.1) is 52.7 Å². The SMILES string of the molecule is O=C1[C@H]2[C@H](CC=C3[C@H]2C[C@@]2(Cl)C(=O)N(c4c(F)c(F)c(F)c(F)c4F)C(=O)[C@@]2(Cl)[C@H]3c2ccc(O)c(F)c2)C(=O)N1c1ccc(Cl)cc1. The van der Waals surface area contributed by atoms with Gasteiger partial charge in [-0.2, -0.15) is 0 Å². The number of carbonyl (C=O) groups excluding carboxylic acids is 4. The molecule has 248 valence electrons. The van der Waals surface area contributed by atoms with E-state index in [4.69, 9.17) is 34.8 Å². The Morgan fingerprint density at radius 2 is 1.35 bits per heavy atom. The fourth-order valence-corrected chi connectivity index (χ4v) is 8.55. The highest BCUT2D eigenvalue weighted by Gasteiger charge is 2.77. The first-order chi connectivity index (χ1) is 22.6. The van der Waals surface area contributed by atoms with Crippen molar-refractivity contribution in [2.24, 2.45) is 17.8 Å². The first kappa shape index (κ1) is 32.5. The number of rotatable bonds is 3. The minimum Gasteiger partial charge on any atom is -0.505 e. The van der Waals surface area contributed by atoms with Gasteiger partial charge in [0.15, 0.2) is 44.6 Å². The molecule has 2 aliphatic carbocycles. The van der Waals surface area contributed by atoms with Crippen molar-refractivity contribution in [2.45, 2.75) is 28.5 Å². The van der Waals surface area contributed by atoms with Crippen LogP contribution in [-0.4, -0.2) is 38.5 Å². The average molecular weight is 730 g/mol. The highest BCUT2D eigenvalue weighted by Crippen LogP contribution is 2.66. The normalized spacial score (nSPS) is 29.6. The zero-order chi connectivity index (χ0) is 34.8. The summed E-state index contributed by atoms with van der Waals surface area (Å²) in [6, 6.07) is 8.54. The number of hydrogen-bond acceptors (Lipinski definition) is 5. The maximum Gasteiger partial charge on any atom is 0.258 e. The van der Waals surface area contributed by atoms with Crippen LogP contribution in [0.1, 0.15) is 24.3 Å². The number of benzene rings is 3. The number of aromatic hydroxyl groups is 1. The number of carbonyl (C=O) groups is 4. The summed E-state index contributed by atoms with van der Waals surface area (Å²) in [6.45, 7) is 0. The summed E-state index contributed by atoms with van der Waals surface area (Å²) in [7, 11) is 0. The molecular formula is C32H17Cl3F6N2O5. The Labute approximate surface area is 281 Å². The standard InChI is InChI=1S/C32H17Cl3F6N2O5/c33-12-2-4-13(5-3-12)42-27(45)15-7-6-14-16(19(15)28(42)46)10-31(34)29(47)43(26-24(40)22(38)21(37)23(39)25(26)41)30(48)32(31,35)20(14)11-1-8-18(44)17(36)9-11/h1-6,8-9,15-16,19-20,44H,7,10H2/t15-,16+,19-,20-,31+,32-/m0/s1. The Balaban J connectivity index is 1.43. The molecule has 4 aliphatic rings. The molecule has 0 bridgehead atoms. The molecule has 7 nitrogen and oxygen atoms in total. The predicted octanol–water partition coefficient (Wildman–Crippen LogP) is 6.65. The second-order valence-electron chi connectivity index (χ2n) is 11.9. The number of phenolic OH excluding ortho intramolecular Hbond substituents is 1. The van der Waals surface area contributed by atoms with Crippen molar-refractivity contribution in [3.8, 4) is 5.75 Å². The van der Waals surface area contributed by atoms with Crippen LogP contribution in [0.3, 0.4) is 0 Å². The smallest absolute Gasteiger partial charge is 0.258 e. The lowest BCUT2D eigenvalue weighted by Crippen LogP contribution is -2.60. The van der Waals surface area contributed by atoms with Crippen molar-refractivity contribution < 1.29 is 50.6 Å². The fraction of sp³-hybridized carbons (Fsp3) is 0.250. The predicted molar refractivity (Wildman–Crippen MR) is 158 cm³/mol. The summed E-state index contributed by atoms with van der Waals surface area (Å²) in [4.78, 5) is 51.0. The summed E-state index contributed by atoms with van der Waals surface area (Å²) in [5, 5.41) is 10.2. The maximum absolute atomic E-state index is 15.1. The molecule has 1 saturated carbocycles. The molecule has 0 unspecified atom stereocenters. The van der Waals surface area contributed by atoms with Gasteiger partial charge >= 0.3 is 0 Å². The van der Waals surface area contributed by atoms with Gasteiger partial charge in [-0.15, -0.1) is 23.2 Å². The van der Waals surface area contributed by atoms with Gasteiger partial charge in [-0.25, -0.2) is 31.2 Å². The van der Waals surface area contributed by atoms with Gasteiger partial charge in [-0.1, -0.05) is 29.3 Å². The number of anilines is 2. The van der Waals surface area contributed by atoms with E-state index in [1.165, 1.54) is 30.3 Å². The van der Waals surface area contributed by atoms with E-state index in [0.29, 0.717) is 5.02 Å². The molecule has 3 fully saturated rings. The number of fused-ring (bicyclic) bond motifs is 4. The van der Waals surface area contributed by atoms with E-state index in [1.54, 1.807) is 0 Å². The monoisotopic (exact) mass is 728 g/mol. The van der Waals surface area contributed by atoms with Crippen molar-refractivity contribution in [3.63, 3.8) is 0 Å². The van der Waals surface area contributed by atoms with Crippen molar-refractivity contribution in [3.05, 3.63) is 99.6 Å². The lowest BCUT2D eigenvalue weighted by atomic mass is 9.56. The number of hydrogen-bond donors (Lipinski definition) is 1. The molecule has 7 rings (SSSR count). The first-order valence-electron chi connectivity index (χ1n) is 14.2. The van der Waals surface area contributed by atoms with E-state index in [9.17, 15) is 41.8 Å². The highest BCUT2D eigenvalue weighted by molar-refractivity contribution is 6.58. The number of phenols is 1. The van der Waals surface area contributed by atoms with E-state index in [-0.39, 0.29) is 28.1 Å². The van der Waals surface area contributed by atoms with E-state index in [2.05, 4.69) is 0 Å². The quantitative estimate of drug-likeness (QED) is 0.0815. The minimum atomic E-state index is -2.81. The Bertz CT molecular complexity index is 2020. The van der Waals surface area contributed by atoms with Crippen LogP contribution < -0.4 is 9.80 Å². The van der Waals surface area contributed by atoms with Crippen molar-refractivity contribution in [2.75, 3.05) is 9.80 Å². The Kier molecular flexibility index (Phi) is 7.25. The molecule has 0 spiro atoms. The van der Waals surface area contributed by atoms with Crippen LogP contribution in [-0.2, 0) is 19.2 Å². The highest BCUT2D eigenvalue weighted by atomic mass is 35.5. The zero-order valence-corrected chi connectivity index (χ0v) is 26.0. The average Bonchev–Trinajstić information content (AvgIpc) is 3.39. The van der Waals surface area contributed by atoms with Gasteiger partial charge in [-0.3, -0.25) is 24.1 Å². The molecule has 6 atom stereocenters. The van der Waals surface area contributed by atoms with Crippen LogP contribution in [0.4, 0.5) is 37.7 Å². The van der Waals surface area contributed by atoms with Gasteiger partial charge in [0.05, 0.1) is 17.5 Å². The summed E-state index contributed by atoms with van der Waals surface area (Å²) >= 11 is 20.0. The van der Waals surface area contributed by atoms with Crippen LogP contribution in [0.15, 0.2) is 54.1 Å². The van der Waals surface area contributed by atoms with Gasteiger partial charge in [0.2, 0.25) is 17.6 Å². The summed E-state index contributed by atoms with van der Waals surface area (Å²) in [6.07, 6.45) is 0.650. The van der Waals surface area contributed by atoms with Gasteiger partial charge in [0.1, 0.15) is 5.69 Å². The molecule has 3 aromatic rings. The molecule has 4 amide bonds. The third kappa shape index (κ3) is 4.04. The van der Waals surface area contributed by atoms with E-state index in [1.807, 2.05) is 0 Å². The second kappa shape index (κ2) is 10.7. The molecule has 1 N–H and O–H groups in total. The van der Waals surface area contributed by atoms with Gasteiger partial charge in [-0.05, 0) is 60.7 Å². The number of alkyl halides is 2. The van der Waals surface area contributed by atoms with E-state index >= 15 is 8.78 Å². The molecule has 2 saturated heterocycles.